The number of carbonyl (C=O) groups is 5. The SMILES string of the molecule is O=C1CCC(c2ccc(CN3CCN(CCNC(=O)c4cc5c(o4)C(=O)c4ccccc4C5=O)CC3)cc2)C(=O)N1. The van der Waals surface area contributed by atoms with E-state index < -0.39 is 11.7 Å². The van der Waals surface area contributed by atoms with Crippen LogP contribution in [0.3, 0.4) is 0 Å². The molecule has 2 fully saturated rings. The van der Waals surface area contributed by atoms with E-state index in [4.69, 9.17) is 4.42 Å². The van der Waals surface area contributed by atoms with Crippen molar-refractivity contribution in [3.05, 3.63) is 93.9 Å². The average molecular weight is 555 g/mol. The van der Waals surface area contributed by atoms with Crippen LogP contribution in [0, 0.1) is 0 Å². The predicted octanol–water partition coefficient (Wildman–Crippen LogP) is 2.12. The summed E-state index contributed by atoms with van der Waals surface area (Å²) in [5.41, 5.74) is 2.84. The lowest BCUT2D eigenvalue weighted by molar-refractivity contribution is -0.134. The topological polar surface area (TPSA) is 129 Å². The van der Waals surface area contributed by atoms with Gasteiger partial charge in [0, 0.05) is 69.4 Å². The molecule has 41 heavy (non-hydrogen) atoms. The molecule has 1 atom stereocenters. The van der Waals surface area contributed by atoms with E-state index in [1.54, 1.807) is 24.3 Å². The zero-order chi connectivity index (χ0) is 28.5. The minimum Gasteiger partial charge on any atom is -0.447 e. The fraction of sp³-hybridized carbons (Fsp3) is 0.323. The van der Waals surface area contributed by atoms with Gasteiger partial charge in [-0.15, -0.1) is 0 Å². The summed E-state index contributed by atoms with van der Waals surface area (Å²) in [5, 5.41) is 5.25. The molecule has 0 radical (unpaired) electrons. The third-order valence-corrected chi connectivity index (χ3v) is 8.03. The quantitative estimate of drug-likeness (QED) is 0.333. The van der Waals surface area contributed by atoms with Crippen molar-refractivity contribution in [2.75, 3.05) is 39.3 Å². The van der Waals surface area contributed by atoms with Crippen molar-refractivity contribution in [1.82, 2.24) is 20.4 Å². The zero-order valence-corrected chi connectivity index (χ0v) is 22.5. The van der Waals surface area contributed by atoms with Crippen LogP contribution in [0.25, 0.3) is 0 Å². The molecule has 2 saturated heterocycles. The minimum absolute atomic E-state index is 0.0436. The van der Waals surface area contributed by atoms with Gasteiger partial charge >= 0.3 is 0 Å². The first-order valence-electron chi connectivity index (χ1n) is 13.8. The molecule has 1 aromatic heterocycles. The van der Waals surface area contributed by atoms with Gasteiger partial charge in [0.05, 0.1) is 11.5 Å². The Morgan fingerprint density at radius 2 is 1.56 bits per heavy atom. The standard InChI is InChI=1S/C31H30N4O6/c36-26-10-9-21(30(39)33-26)20-7-5-19(6-8-20)18-35-15-13-34(14-16-35)12-11-32-31(40)25-17-24-27(37)22-3-1-2-4-23(22)28(38)29(24)41-25/h1-8,17,21H,9-16,18H2,(H,32,40)(H,33,36,39). The van der Waals surface area contributed by atoms with Gasteiger partial charge in [0.15, 0.2) is 17.3 Å². The Kier molecular flexibility index (Phi) is 7.34. The molecule has 2 N–H and O–H groups in total. The number of hydrogen-bond donors (Lipinski definition) is 2. The van der Waals surface area contributed by atoms with E-state index in [1.807, 2.05) is 24.3 Å². The number of benzene rings is 2. The molecule has 10 heteroatoms. The number of carbonyl (C=O) groups excluding carboxylic acids is 5. The number of hydrogen-bond acceptors (Lipinski definition) is 8. The molecule has 2 aliphatic heterocycles. The van der Waals surface area contributed by atoms with Gasteiger partial charge in [0.25, 0.3) is 5.91 Å². The van der Waals surface area contributed by atoms with Crippen LogP contribution in [0.1, 0.15) is 72.5 Å². The Bertz CT molecular complexity index is 1480. The number of imide groups is 1. The summed E-state index contributed by atoms with van der Waals surface area (Å²) in [6.07, 6.45) is 0.915. The van der Waals surface area contributed by atoms with Crippen LogP contribution in [0.15, 0.2) is 59.0 Å². The highest BCUT2D eigenvalue weighted by Gasteiger charge is 2.34. The van der Waals surface area contributed by atoms with Crippen LogP contribution in [-0.2, 0) is 16.1 Å². The van der Waals surface area contributed by atoms with Gasteiger partial charge in [-0.3, -0.25) is 39.1 Å². The third-order valence-electron chi connectivity index (χ3n) is 8.03. The van der Waals surface area contributed by atoms with Gasteiger partial charge in [-0.25, -0.2) is 0 Å². The Morgan fingerprint density at radius 1 is 0.878 bits per heavy atom. The maximum absolute atomic E-state index is 12.8. The third kappa shape index (κ3) is 5.48. The minimum atomic E-state index is -0.455. The van der Waals surface area contributed by atoms with Crippen LogP contribution in [0.5, 0.6) is 0 Å². The summed E-state index contributed by atoms with van der Waals surface area (Å²) >= 11 is 0. The first kappa shape index (κ1) is 26.8. The van der Waals surface area contributed by atoms with Crippen LogP contribution in [0.2, 0.25) is 0 Å². The first-order chi connectivity index (χ1) is 19.9. The Balaban J connectivity index is 0.952. The van der Waals surface area contributed by atoms with Crippen LogP contribution < -0.4 is 10.6 Å². The van der Waals surface area contributed by atoms with Crippen molar-refractivity contribution in [1.29, 1.82) is 0 Å². The lowest BCUT2D eigenvalue weighted by Crippen LogP contribution is -2.48. The second-order valence-electron chi connectivity index (χ2n) is 10.7. The lowest BCUT2D eigenvalue weighted by atomic mass is 9.89. The Hall–Kier alpha value is -4.41. The normalized spacial score (nSPS) is 19.5. The molecule has 6 rings (SSSR count). The number of fused-ring (bicyclic) bond motifs is 2. The number of nitrogens with zero attached hydrogens (tertiary/aromatic N) is 2. The predicted molar refractivity (Wildman–Crippen MR) is 148 cm³/mol. The van der Waals surface area contributed by atoms with Gasteiger partial charge < -0.3 is 9.73 Å². The number of rotatable bonds is 7. The molecule has 3 aromatic rings. The molecule has 1 unspecified atom stereocenters. The van der Waals surface area contributed by atoms with Crippen molar-refractivity contribution < 1.29 is 28.4 Å². The molecule has 0 spiro atoms. The highest BCUT2D eigenvalue weighted by atomic mass is 16.4. The average Bonchev–Trinajstić information content (AvgIpc) is 3.44. The van der Waals surface area contributed by atoms with Crippen molar-refractivity contribution in [3.8, 4) is 0 Å². The number of piperazine rings is 1. The molecule has 3 aliphatic rings. The number of furan rings is 1. The molecule has 3 amide bonds. The van der Waals surface area contributed by atoms with Crippen LogP contribution in [-0.4, -0.2) is 78.4 Å². The summed E-state index contributed by atoms with van der Waals surface area (Å²) in [7, 11) is 0. The van der Waals surface area contributed by atoms with E-state index in [0.717, 1.165) is 38.3 Å². The smallest absolute Gasteiger partial charge is 0.287 e. The van der Waals surface area contributed by atoms with Gasteiger partial charge in [-0.05, 0) is 17.5 Å². The number of ketones is 2. The summed E-state index contributed by atoms with van der Waals surface area (Å²) < 4.78 is 5.54. The summed E-state index contributed by atoms with van der Waals surface area (Å²) in [6, 6.07) is 16.0. The molecular weight excluding hydrogens is 524 g/mol. The number of amides is 3. The molecule has 2 aromatic carbocycles. The zero-order valence-electron chi connectivity index (χ0n) is 22.5. The van der Waals surface area contributed by atoms with Crippen LogP contribution in [0.4, 0.5) is 0 Å². The van der Waals surface area contributed by atoms with Crippen molar-refractivity contribution >= 4 is 29.3 Å². The molecule has 10 nitrogen and oxygen atoms in total. The summed E-state index contributed by atoms with van der Waals surface area (Å²) in [6.45, 7) is 5.39. The maximum atomic E-state index is 12.8. The fourth-order valence-electron chi connectivity index (χ4n) is 5.70. The van der Waals surface area contributed by atoms with E-state index in [9.17, 15) is 24.0 Å². The Morgan fingerprint density at radius 3 is 2.27 bits per heavy atom. The molecule has 1 aliphatic carbocycles. The van der Waals surface area contributed by atoms with Crippen molar-refractivity contribution in [2.24, 2.45) is 0 Å². The first-order valence-corrected chi connectivity index (χ1v) is 13.8. The number of nitrogens with one attached hydrogen (secondary N) is 2. The lowest BCUT2D eigenvalue weighted by Gasteiger charge is -2.34. The van der Waals surface area contributed by atoms with E-state index in [1.165, 1.54) is 11.6 Å². The molecule has 210 valence electrons. The molecule has 0 bridgehead atoms. The van der Waals surface area contributed by atoms with Gasteiger partial charge in [0.2, 0.25) is 17.6 Å². The van der Waals surface area contributed by atoms with Gasteiger partial charge in [-0.1, -0.05) is 48.5 Å². The van der Waals surface area contributed by atoms with E-state index in [0.29, 0.717) is 31.5 Å². The van der Waals surface area contributed by atoms with Gasteiger partial charge in [0.1, 0.15) is 0 Å². The summed E-state index contributed by atoms with van der Waals surface area (Å²) in [4.78, 5) is 66.4. The van der Waals surface area contributed by atoms with E-state index in [-0.39, 0.29) is 46.2 Å². The molecule has 3 heterocycles. The maximum Gasteiger partial charge on any atom is 0.287 e. The molecular formula is C31H30N4O6. The van der Waals surface area contributed by atoms with E-state index in [2.05, 4.69) is 20.4 Å². The second-order valence-corrected chi connectivity index (χ2v) is 10.7. The van der Waals surface area contributed by atoms with Crippen LogP contribution >= 0.6 is 0 Å². The fourth-order valence-corrected chi connectivity index (χ4v) is 5.70. The van der Waals surface area contributed by atoms with Gasteiger partial charge in [-0.2, -0.15) is 0 Å². The molecule has 0 saturated carbocycles. The van der Waals surface area contributed by atoms with Crippen molar-refractivity contribution in [2.45, 2.75) is 25.3 Å². The van der Waals surface area contributed by atoms with Crippen molar-refractivity contribution in [3.63, 3.8) is 0 Å². The van der Waals surface area contributed by atoms with E-state index >= 15 is 0 Å². The highest BCUT2D eigenvalue weighted by molar-refractivity contribution is 6.27. The largest absolute Gasteiger partial charge is 0.447 e. The summed E-state index contributed by atoms with van der Waals surface area (Å²) in [5.74, 6) is -1.99. The highest BCUT2D eigenvalue weighted by Crippen LogP contribution is 2.29. The monoisotopic (exact) mass is 554 g/mol. The number of piperidine rings is 1. The second kappa shape index (κ2) is 11.2. The Labute approximate surface area is 236 Å².